The van der Waals surface area contributed by atoms with Gasteiger partial charge in [-0.3, -0.25) is 0 Å². The normalized spacial score (nSPS) is 13.5. The number of hydrogen-bond acceptors (Lipinski definition) is 5. The van der Waals surface area contributed by atoms with Crippen molar-refractivity contribution in [2.24, 2.45) is 0 Å². The van der Waals surface area contributed by atoms with Crippen molar-refractivity contribution < 1.29 is 69.1 Å². The molecule has 1 rings (SSSR count). The van der Waals surface area contributed by atoms with Crippen LogP contribution in [0.3, 0.4) is 0 Å². The molecular weight excluding hydrogens is 503 g/mol. The SMILES string of the molecule is COC(=O)[C@H](Cc1cccc(C/C([C-]=O)=C(/C=[C-]C(F)(F)F)C(F)(F)F)c1)NC(=O)OC(C)(C)C.[CH3-].[Li+]. The van der Waals surface area contributed by atoms with E-state index >= 15 is 0 Å². The van der Waals surface area contributed by atoms with E-state index < -0.39 is 53.6 Å². The standard InChI is InChI=1S/C23H23F6NO5.CH3.Li/c1-21(2,3)35-20(33)30-18(19(32)34-4)12-15-7-5-6-14(10-15)11-16(13-31)17(23(27,28)29)8-9-22(24,25)26;;/h5-8,10,18H,11-12H2,1-4H3,(H,30,33);1H3;/q-2;-1;+1/b17-16+;;/t18-;;/m0../s1. The predicted molar refractivity (Wildman–Crippen MR) is 118 cm³/mol. The van der Waals surface area contributed by atoms with Gasteiger partial charge in [0.15, 0.2) is 0 Å². The Labute approximate surface area is 223 Å². The molecule has 202 valence electrons. The molecule has 0 radical (unpaired) electrons. The van der Waals surface area contributed by atoms with Crippen molar-refractivity contribution >= 4 is 18.3 Å². The number of esters is 1. The van der Waals surface area contributed by atoms with Crippen molar-refractivity contribution in [3.8, 4) is 0 Å². The summed E-state index contributed by atoms with van der Waals surface area (Å²) in [4.78, 5) is 35.4. The summed E-state index contributed by atoms with van der Waals surface area (Å²) < 4.78 is 86.6. The van der Waals surface area contributed by atoms with Crippen LogP contribution >= 0.6 is 0 Å². The molecule has 1 amide bonds. The minimum atomic E-state index is -5.27. The Bertz CT molecular complexity index is 981. The fraction of sp³-hybridized carbons (Fsp3) is 0.417. The summed E-state index contributed by atoms with van der Waals surface area (Å²) in [6.45, 7) is 4.82. The Balaban J connectivity index is 0. The van der Waals surface area contributed by atoms with Crippen molar-refractivity contribution in [1.29, 1.82) is 0 Å². The van der Waals surface area contributed by atoms with Gasteiger partial charge in [0.1, 0.15) is 11.6 Å². The summed E-state index contributed by atoms with van der Waals surface area (Å²) >= 11 is 0. The average molecular weight is 529 g/mol. The first kappa shape index (κ1) is 36.4. The van der Waals surface area contributed by atoms with Gasteiger partial charge >= 0.3 is 43.3 Å². The second-order valence-electron chi connectivity index (χ2n) is 8.20. The molecule has 1 aromatic rings. The molecule has 0 unspecified atom stereocenters. The molecule has 0 aliphatic carbocycles. The van der Waals surface area contributed by atoms with Gasteiger partial charge in [-0.05, 0) is 44.6 Å². The first-order valence-electron chi connectivity index (χ1n) is 9.96. The number of ether oxygens (including phenoxy) is 2. The zero-order chi connectivity index (χ0) is 27.0. The van der Waals surface area contributed by atoms with Crippen LogP contribution in [-0.2, 0) is 31.9 Å². The number of allylic oxidation sites excluding steroid dienone is 4. The van der Waals surface area contributed by atoms with Gasteiger partial charge in [-0.2, -0.15) is 38.0 Å². The fourth-order valence-electron chi connectivity index (χ4n) is 2.77. The van der Waals surface area contributed by atoms with E-state index in [4.69, 9.17) is 4.74 Å². The van der Waals surface area contributed by atoms with E-state index in [0.717, 1.165) is 13.4 Å². The first-order chi connectivity index (χ1) is 15.9. The summed E-state index contributed by atoms with van der Waals surface area (Å²) in [5.41, 5.74) is -3.29. The second-order valence-corrected chi connectivity index (χ2v) is 8.20. The quantitative estimate of drug-likeness (QED) is 0.140. The molecule has 0 aliphatic rings. The number of benzene rings is 1. The number of amides is 1. The van der Waals surface area contributed by atoms with Crippen LogP contribution in [0.5, 0.6) is 0 Å². The van der Waals surface area contributed by atoms with Crippen molar-refractivity contribution in [2.75, 3.05) is 7.11 Å². The summed E-state index contributed by atoms with van der Waals surface area (Å²) in [6, 6.07) is 4.34. The van der Waals surface area contributed by atoms with Gasteiger partial charge < -0.3 is 27.0 Å². The number of methoxy groups -OCH3 is 1. The molecule has 0 saturated heterocycles. The topological polar surface area (TPSA) is 81.7 Å². The number of nitrogens with one attached hydrogen (secondary N) is 1. The summed E-state index contributed by atoms with van der Waals surface area (Å²) in [5, 5.41) is 2.34. The van der Waals surface area contributed by atoms with Crippen molar-refractivity contribution in [1.82, 2.24) is 5.32 Å². The van der Waals surface area contributed by atoms with E-state index in [2.05, 4.69) is 10.1 Å². The van der Waals surface area contributed by atoms with Crippen LogP contribution in [0.15, 0.2) is 41.5 Å². The van der Waals surface area contributed by atoms with Crippen LogP contribution in [-0.4, -0.2) is 49.5 Å². The van der Waals surface area contributed by atoms with Crippen molar-refractivity contribution in [3.05, 3.63) is 66.1 Å². The fourth-order valence-corrected chi connectivity index (χ4v) is 2.77. The van der Waals surface area contributed by atoms with E-state index in [1.807, 2.05) is 0 Å². The molecule has 13 heteroatoms. The van der Waals surface area contributed by atoms with Crippen LogP contribution < -0.4 is 24.2 Å². The van der Waals surface area contributed by atoms with Crippen LogP contribution in [0.25, 0.3) is 0 Å². The number of carbonyl (C=O) groups is 2. The first-order valence-corrected chi connectivity index (χ1v) is 9.96. The van der Waals surface area contributed by atoms with Gasteiger partial charge in [-0.25, -0.2) is 15.7 Å². The van der Waals surface area contributed by atoms with Gasteiger partial charge in [-0.1, -0.05) is 24.3 Å². The Kier molecular flexibility index (Phi) is 14.7. The Morgan fingerprint density at radius 3 is 2.11 bits per heavy atom. The minimum absolute atomic E-state index is 0. The molecule has 0 spiro atoms. The molecule has 0 heterocycles. The monoisotopic (exact) mass is 529 g/mol. The van der Waals surface area contributed by atoms with E-state index in [9.17, 15) is 40.7 Å². The number of carbonyl (C=O) groups excluding carboxylic acids is 3. The number of rotatable bonds is 8. The van der Waals surface area contributed by atoms with Gasteiger partial charge in [0.05, 0.1) is 7.11 Å². The zero-order valence-electron chi connectivity index (χ0n) is 21.2. The van der Waals surface area contributed by atoms with Gasteiger partial charge in [0, 0.05) is 6.42 Å². The molecule has 1 aromatic carbocycles. The maximum atomic E-state index is 13.3. The molecule has 0 saturated carbocycles. The third-order valence-electron chi connectivity index (χ3n) is 4.12. The molecule has 6 nitrogen and oxygen atoms in total. The van der Waals surface area contributed by atoms with Gasteiger partial charge in [-0.15, -0.1) is 5.57 Å². The molecule has 0 aromatic heterocycles. The van der Waals surface area contributed by atoms with E-state index in [1.165, 1.54) is 24.3 Å². The molecule has 0 fully saturated rings. The molecule has 1 atom stereocenters. The number of alkyl halides is 6. The molecule has 0 aliphatic heterocycles. The van der Waals surface area contributed by atoms with Crippen LogP contribution in [0, 0.1) is 13.5 Å². The molecule has 1 N–H and O–H groups in total. The minimum Gasteiger partial charge on any atom is -0.467 e. The number of halogens is 6. The smallest absolute Gasteiger partial charge is 0.467 e. The Morgan fingerprint density at radius 1 is 1.08 bits per heavy atom. The van der Waals surface area contributed by atoms with E-state index in [-0.39, 0.29) is 44.3 Å². The number of alkyl carbamates (subject to hydrolysis) is 1. The number of hydrogen-bond donors (Lipinski definition) is 1. The van der Waals surface area contributed by atoms with Gasteiger partial charge in [0.2, 0.25) is 0 Å². The summed E-state index contributed by atoms with van der Waals surface area (Å²) in [5.74, 6) is -0.824. The largest absolute Gasteiger partial charge is 1.00 e. The van der Waals surface area contributed by atoms with Crippen LogP contribution in [0.2, 0.25) is 0 Å². The average Bonchev–Trinajstić information content (AvgIpc) is 2.69. The maximum absolute atomic E-state index is 13.3. The van der Waals surface area contributed by atoms with E-state index in [0.29, 0.717) is 11.6 Å². The molecule has 37 heavy (non-hydrogen) atoms. The predicted octanol–water partition coefficient (Wildman–Crippen LogP) is 2.18. The third kappa shape index (κ3) is 14.0. The summed E-state index contributed by atoms with van der Waals surface area (Å²) in [7, 11) is 1.09. The molecule has 0 bridgehead atoms. The van der Waals surface area contributed by atoms with Crippen LogP contribution in [0.4, 0.5) is 31.1 Å². The second kappa shape index (κ2) is 14.9. The van der Waals surface area contributed by atoms with E-state index in [1.54, 1.807) is 20.8 Å². The van der Waals surface area contributed by atoms with Crippen molar-refractivity contribution in [3.63, 3.8) is 0 Å². The van der Waals surface area contributed by atoms with Crippen molar-refractivity contribution in [2.45, 2.75) is 57.6 Å². The maximum Gasteiger partial charge on any atom is 1.00 e. The zero-order valence-corrected chi connectivity index (χ0v) is 21.2. The Hall–Kier alpha value is -2.71. The van der Waals surface area contributed by atoms with Crippen LogP contribution in [0.1, 0.15) is 31.9 Å². The Morgan fingerprint density at radius 2 is 1.65 bits per heavy atom. The molecular formula is C24H26F6LiNO5-2. The third-order valence-corrected chi connectivity index (χ3v) is 4.12. The summed E-state index contributed by atoms with van der Waals surface area (Å²) in [6.07, 6.45) is -10.8. The van der Waals surface area contributed by atoms with Gasteiger partial charge in [0.25, 0.3) is 0 Å².